The van der Waals surface area contributed by atoms with Crippen LogP contribution in [0.2, 0.25) is 0 Å². The van der Waals surface area contributed by atoms with Gasteiger partial charge in [-0.1, -0.05) is 56.3 Å². The molecule has 1 atom stereocenters. The van der Waals surface area contributed by atoms with Crippen molar-refractivity contribution in [3.63, 3.8) is 0 Å². The third-order valence-electron chi connectivity index (χ3n) is 3.68. The predicted octanol–water partition coefficient (Wildman–Crippen LogP) is 2.79. The van der Waals surface area contributed by atoms with Crippen LogP contribution in [0.25, 0.3) is 10.8 Å². The highest BCUT2D eigenvalue weighted by molar-refractivity contribution is 5.94. The maximum atomic E-state index is 12.0. The molecule has 2 rings (SSSR count). The number of amides is 1. The Balaban J connectivity index is 2.54. The molecule has 3 N–H and O–H groups in total. The molecular weight excluding hydrogens is 248 g/mol. The van der Waals surface area contributed by atoms with Gasteiger partial charge in [0.1, 0.15) is 5.54 Å². The average molecular weight is 270 g/mol. The highest BCUT2D eigenvalue weighted by Crippen LogP contribution is 2.28. The molecule has 0 aromatic heterocycles. The molecule has 0 saturated carbocycles. The van der Waals surface area contributed by atoms with Crippen LogP contribution in [-0.4, -0.2) is 12.5 Å². The van der Waals surface area contributed by atoms with Gasteiger partial charge < -0.3 is 5.73 Å². The van der Waals surface area contributed by atoms with E-state index in [9.17, 15) is 4.79 Å². The first kappa shape index (κ1) is 14.5. The van der Waals surface area contributed by atoms with Crippen LogP contribution in [0.4, 0.5) is 0 Å². The Kier molecular flexibility index (Phi) is 4.09. The Morgan fingerprint density at radius 2 is 1.85 bits per heavy atom. The van der Waals surface area contributed by atoms with Gasteiger partial charge in [0.2, 0.25) is 5.91 Å². The van der Waals surface area contributed by atoms with Crippen molar-refractivity contribution in [3.8, 4) is 0 Å². The molecule has 20 heavy (non-hydrogen) atoms. The highest BCUT2D eigenvalue weighted by Gasteiger charge is 2.34. The van der Waals surface area contributed by atoms with Gasteiger partial charge in [0.05, 0.1) is 0 Å². The number of rotatable bonds is 5. The summed E-state index contributed by atoms with van der Waals surface area (Å²) in [5.74, 6) is 0.0955. The van der Waals surface area contributed by atoms with Crippen LogP contribution < -0.4 is 11.1 Å². The minimum Gasteiger partial charge on any atom is -0.368 e. The summed E-state index contributed by atoms with van der Waals surface area (Å²) in [7, 11) is 0. The molecule has 0 saturated heterocycles. The van der Waals surface area contributed by atoms with Crippen molar-refractivity contribution in [1.29, 1.82) is 0 Å². The van der Waals surface area contributed by atoms with Gasteiger partial charge in [-0.05, 0) is 35.7 Å². The monoisotopic (exact) mass is 270 g/mol. The van der Waals surface area contributed by atoms with Gasteiger partial charge in [0.25, 0.3) is 0 Å². The van der Waals surface area contributed by atoms with Crippen molar-refractivity contribution in [1.82, 2.24) is 5.32 Å². The van der Waals surface area contributed by atoms with E-state index in [-0.39, 0.29) is 5.91 Å². The Hall–Kier alpha value is -1.87. The molecule has 0 bridgehead atoms. The molecule has 1 unspecified atom stereocenters. The molecular formula is C17H22N2O. The number of carbonyl (C=O) groups is 1. The van der Waals surface area contributed by atoms with Crippen molar-refractivity contribution < 1.29 is 4.79 Å². The van der Waals surface area contributed by atoms with Crippen molar-refractivity contribution in [3.05, 3.63) is 48.0 Å². The maximum absolute atomic E-state index is 12.0. The van der Waals surface area contributed by atoms with E-state index in [2.05, 4.69) is 19.2 Å². The van der Waals surface area contributed by atoms with Gasteiger partial charge >= 0.3 is 0 Å². The topological polar surface area (TPSA) is 55.1 Å². The molecule has 1 amide bonds. The van der Waals surface area contributed by atoms with Crippen molar-refractivity contribution in [2.24, 2.45) is 11.7 Å². The second-order valence-electron chi connectivity index (χ2n) is 5.79. The largest absolute Gasteiger partial charge is 0.368 e. The molecule has 0 aliphatic heterocycles. The molecule has 106 valence electrons. The Morgan fingerprint density at radius 3 is 2.50 bits per heavy atom. The first-order valence-electron chi connectivity index (χ1n) is 6.98. The van der Waals surface area contributed by atoms with Crippen LogP contribution in [-0.2, 0) is 10.3 Å². The minimum absolute atomic E-state index is 0.352. The van der Waals surface area contributed by atoms with Crippen molar-refractivity contribution in [2.45, 2.75) is 26.3 Å². The van der Waals surface area contributed by atoms with E-state index in [4.69, 9.17) is 5.73 Å². The lowest BCUT2D eigenvalue weighted by molar-refractivity contribution is -0.124. The van der Waals surface area contributed by atoms with E-state index in [1.54, 1.807) is 0 Å². The molecule has 0 fully saturated rings. The van der Waals surface area contributed by atoms with E-state index >= 15 is 0 Å². The number of hydrogen-bond donors (Lipinski definition) is 2. The number of fused-ring (bicyclic) bond motifs is 1. The van der Waals surface area contributed by atoms with E-state index in [0.29, 0.717) is 5.92 Å². The number of nitrogens with one attached hydrogen (secondary N) is 1. The van der Waals surface area contributed by atoms with Crippen LogP contribution >= 0.6 is 0 Å². The van der Waals surface area contributed by atoms with E-state index in [1.165, 1.54) is 0 Å². The Bertz CT molecular complexity index is 616. The highest BCUT2D eigenvalue weighted by atomic mass is 16.1. The number of hydrogen-bond acceptors (Lipinski definition) is 2. The fourth-order valence-corrected chi connectivity index (χ4v) is 2.38. The van der Waals surface area contributed by atoms with Gasteiger partial charge in [0, 0.05) is 0 Å². The van der Waals surface area contributed by atoms with E-state index < -0.39 is 5.54 Å². The summed E-state index contributed by atoms with van der Waals surface area (Å²) in [5, 5.41) is 5.51. The van der Waals surface area contributed by atoms with Gasteiger partial charge in [-0.2, -0.15) is 0 Å². The molecule has 2 aromatic rings. The SMILES string of the molecule is CC(C)CNC(C)(C(N)=O)c1cccc2ccccc12. The second-order valence-corrected chi connectivity index (χ2v) is 5.79. The maximum Gasteiger partial charge on any atom is 0.242 e. The number of nitrogens with two attached hydrogens (primary N) is 1. The zero-order valence-corrected chi connectivity index (χ0v) is 12.3. The van der Waals surface area contributed by atoms with Crippen molar-refractivity contribution >= 4 is 16.7 Å². The summed E-state index contributed by atoms with van der Waals surface area (Å²) in [6.45, 7) is 6.82. The summed E-state index contributed by atoms with van der Waals surface area (Å²) in [4.78, 5) is 12.0. The van der Waals surface area contributed by atoms with Crippen LogP contribution in [0.3, 0.4) is 0 Å². The summed E-state index contributed by atoms with van der Waals surface area (Å²) in [6, 6.07) is 14.0. The first-order chi connectivity index (χ1) is 9.45. The van der Waals surface area contributed by atoms with Crippen LogP contribution in [0, 0.1) is 5.92 Å². The summed E-state index contributed by atoms with van der Waals surface area (Å²) < 4.78 is 0. The zero-order chi connectivity index (χ0) is 14.8. The van der Waals surface area contributed by atoms with E-state index in [0.717, 1.165) is 22.9 Å². The van der Waals surface area contributed by atoms with Crippen LogP contribution in [0.1, 0.15) is 26.3 Å². The molecule has 0 aliphatic carbocycles. The van der Waals surface area contributed by atoms with Gasteiger partial charge in [-0.3, -0.25) is 10.1 Å². The van der Waals surface area contributed by atoms with Gasteiger partial charge in [-0.25, -0.2) is 0 Å². The Morgan fingerprint density at radius 1 is 1.20 bits per heavy atom. The van der Waals surface area contributed by atoms with E-state index in [1.807, 2.05) is 49.4 Å². The molecule has 0 radical (unpaired) electrons. The molecule has 2 aromatic carbocycles. The minimum atomic E-state index is -0.856. The van der Waals surface area contributed by atoms with Crippen LogP contribution in [0.15, 0.2) is 42.5 Å². The lowest BCUT2D eigenvalue weighted by Crippen LogP contribution is -2.51. The average Bonchev–Trinajstić information content (AvgIpc) is 2.44. The normalized spacial score (nSPS) is 14.4. The van der Waals surface area contributed by atoms with Crippen molar-refractivity contribution in [2.75, 3.05) is 6.54 Å². The smallest absolute Gasteiger partial charge is 0.242 e. The molecule has 3 nitrogen and oxygen atoms in total. The summed E-state index contributed by atoms with van der Waals surface area (Å²) >= 11 is 0. The first-order valence-corrected chi connectivity index (χ1v) is 6.98. The van der Waals surface area contributed by atoms with Gasteiger partial charge in [-0.15, -0.1) is 0 Å². The predicted molar refractivity (Wildman–Crippen MR) is 83.3 cm³/mol. The molecule has 0 spiro atoms. The Labute approximate surface area is 120 Å². The number of benzene rings is 2. The molecule has 3 heteroatoms. The standard InChI is InChI=1S/C17H22N2O/c1-12(2)11-19-17(3,16(18)20)15-10-6-8-13-7-4-5-9-14(13)15/h4-10,12,19H,11H2,1-3H3,(H2,18,20). The number of primary amides is 1. The second kappa shape index (κ2) is 5.63. The molecule has 0 aliphatic rings. The third-order valence-corrected chi connectivity index (χ3v) is 3.68. The lowest BCUT2D eigenvalue weighted by atomic mass is 9.86. The fourth-order valence-electron chi connectivity index (χ4n) is 2.38. The number of carbonyl (C=O) groups excluding carboxylic acids is 1. The quantitative estimate of drug-likeness (QED) is 0.877. The fraction of sp³-hybridized carbons (Fsp3) is 0.353. The zero-order valence-electron chi connectivity index (χ0n) is 12.3. The van der Waals surface area contributed by atoms with Gasteiger partial charge in [0.15, 0.2) is 0 Å². The van der Waals surface area contributed by atoms with Crippen LogP contribution in [0.5, 0.6) is 0 Å². The molecule has 0 heterocycles. The lowest BCUT2D eigenvalue weighted by Gasteiger charge is -2.30. The third kappa shape index (κ3) is 2.68. The summed E-state index contributed by atoms with van der Waals surface area (Å²) in [5.41, 5.74) is 5.76. The summed E-state index contributed by atoms with van der Waals surface area (Å²) in [6.07, 6.45) is 0.